The molecule has 6 nitrogen and oxygen atoms in total. The number of nitrogens with zero attached hydrogens (tertiary/aromatic N) is 3. The summed E-state index contributed by atoms with van der Waals surface area (Å²) in [5.41, 5.74) is 0.999. The quantitative estimate of drug-likeness (QED) is 0.521. The Labute approximate surface area is 188 Å². The smallest absolute Gasteiger partial charge is 0.266 e. The van der Waals surface area contributed by atoms with Gasteiger partial charge in [0.05, 0.1) is 15.1 Å². The van der Waals surface area contributed by atoms with Crippen molar-refractivity contribution >= 4 is 49.2 Å². The number of aryl methyl sites for hydroxylation is 1. The van der Waals surface area contributed by atoms with Crippen molar-refractivity contribution in [2.45, 2.75) is 42.1 Å². The van der Waals surface area contributed by atoms with Crippen LogP contribution < -0.4 is 4.80 Å². The molecule has 0 aliphatic carbocycles. The highest BCUT2D eigenvalue weighted by Gasteiger charge is 2.39. The molecule has 164 valence electrons. The summed E-state index contributed by atoms with van der Waals surface area (Å²) in [6.45, 7) is 2.87. The summed E-state index contributed by atoms with van der Waals surface area (Å²) in [6.07, 6.45) is 2.99. The van der Waals surface area contributed by atoms with Gasteiger partial charge in [0.2, 0.25) is 10.0 Å². The minimum absolute atomic E-state index is 0.0244. The van der Waals surface area contributed by atoms with E-state index >= 15 is 0 Å². The molecule has 10 heteroatoms. The Balaban J connectivity index is 1.70. The molecule has 1 unspecified atom stereocenters. The summed E-state index contributed by atoms with van der Waals surface area (Å²) in [5.74, 6) is -0.983. The van der Waals surface area contributed by atoms with Crippen molar-refractivity contribution in [2.75, 3.05) is 12.8 Å². The fraction of sp³-hybridized carbons (Fsp3) is 0.333. The van der Waals surface area contributed by atoms with Gasteiger partial charge >= 0.3 is 0 Å². The second-order valence-electron chi connectivity index (χ2n) is 7.14. The molecule has 1 aliphatic rings. The van der Waals surface area contributed by atoms with Crippen molar-refractivity contribution in [3.63, 3.8) is 0 Å². The fourth-order valence-corrected chi connectivity index (χ4v) is 7.06. The molecule has 3 aromatic rings. The number of fused-ring (bicyclic) bond motifs is 1. The number of rotatable bonds is 5. The van der Waals surface area contributed by atoms with Crippen LogP contribution in [0.15, 0.2) is 57.2 Å². The molecule has 1 fully saturated rings. The highest BCUT2D eigenvalue weighted by atomic mass is 32.2. The average molecular weight is 480 g/mol. The fourth-order valence-electron chi connectivity index (χ4n) is 3.76. The molecule has 0 bridgehead atoms. The molecule has 4 rings (SSSR count). The third-order valence-electron chi connectivity index (χ3n) is 5.32. The molecule has 1 amide bonds. The second kappa shape index (κ2) is 8.85. The maximum atomic E-state index is 13.2. The van der Waals surface area contributed by atoms with Crippen molar-refractivity contribution in [2.24, 2.45) is 4.99 Å². The van der Waals surface area contributed by atoms with Crippen LogP contribution in [0.1, 0.15) is 19.8 Å². The van der Waals surface area contributed by atoms with Gasteiger partial charge in [-0.25, -0.2) is 12.8 Å². The first-order valence-corrected chi connectivity index (χ1v) is 13.4. The lowest BCUT2D eigenvalue weighted by atomic mass is 10.2. The Morgan fingerprint density at radius 3 is 2.68 bits per heavy atom. The van der Waals surface area contributed by atoms with Gasteiger partial charge in [0, 0.05) is 18.0 Å². The number of halogens is 1. The number of hydrogen-bond donors (Lipinski definition) is 0. The van der Waals surface area contributed by atoms with Crippen LogP contribution in [0.25, 0.3) is 10.2 Å². The van der Waals surface area contributed by atoms with E-state index in [4.69, 9.17) is 0 Å². The van der Waals surface area contributed by atoms with E-state index in [0.717, 1.165) is 27.2 Å². The summed E-state index contributed by atoms with van der Waals surface area (Å²) in [7, 11) is -3.91. The van der Waals surface area contributed by atoms with Crippen molar-refractivity contribution in [1.29, 1.82) is 0 Å². The Bertz CT molecular complexity index is 1300. The minimum atomic E-state index is -3.91. The Morgan fingerprint density at radius 1 is 1.26 bits per heavy atom. The molecule has 1 aliphatic heterocycles. The summed E-state index contributed by atoms with van der Waals surface area (Å²) in [6, 6.07) is 9.93. The van der Waals surface area contributed by atoms with Crippen LogP contribution in [0.4, 0.5) is 4.39 Å². The molecule has 0 N–H and O–H groups in total. The molecule has 31 heavy (non-hydrogen) atoms. The van der Waals surface area contributed by atoms with Crippen LogP contribution in [-0.2, 0) is 21.4 Å². The molecule has 1 saturated heterocycles. The van der Waals surface area contributed by atoms with Gasteiger partial charge in [-0.1, -0.05) is 11.3 Å². The summed E-state index contributed by atoms with van der Waals surface area (Å²) >= 11 is 3.07. The molecule has 0 spiro atoms. The topological polar surface area (TPSA) is 71.7 Å². The summed E-state index contributed by atoms with van der Waals surface area (Å²) in [5, 5.41) is 0. The van der Waals surface area contributed by atoms with Gasteiger partial charge in [0.15, 0.2) is 4.80 Å². The zero-order valence-electron chi connectivity index (χ0n) is 17.1. The van der Waals surface area contributed by atoms with Gasteiger partial charge in [0.1, 0.15) is 11.9 Å². The van der Waals surface area contributed by atoms with Crippen LogP contribution in [0.5, 0.6) is 0 Å². The third kappa shape index (κ3) is 4.21. The number of thioether (sulfide) groups is 1. The standard InChI is InChI=1S/C21H22FN3O3S3/c1-3-24-17-11-8-15(29-2)13-19(17)30-21(24)23-20(26)18-5-4-12-25(18)31(27,28)16-9-6-14(22)7-10-16/h6-11,13,18H,3-5,12H2,1-2H3. The monoisotopic (exact) mass is 479 g/mol. The Kier molecular flexibility index (Phi) is 6.34. The van der Waals surface area contributed by atoms with Gasteiger partial charge in [-0.15, -0.1) is 11.8 Å². The first kappa shape index (κ1) is 22.2. The maximum Gasteiger partial charge on any atom is 0.266 e. The number of carbonyl (C=O) groups is 1. The normalized spacial score (nSPS) is 18.2. The van der Waals surface area contributed by atoms with Crippen LogP contribution >= 0.6 is 23.1 Å². The predicted molar refractivity (Wildman–Crippen MR) is 121 cm³/mol. The van der Waals surface area contributed by atoms with E-state index in [-0.39, 0.29) is 11.4 Å². The largest absolute Gasteiger partial charge is 0.317 e. The number of aromatic nitrogens is 1. The predicted octanol–water partition coefficient (Wildman–Crippen LogP) is 3.86. The van der Waals surface area contributed by atoms with Crippen molar-refractivity contribution < 1.29 is 17.6 Å². The number of thiazole rings is 1. The third-order valence-corrected chi connectivity index (χ3v) is 9.01. The lowest BCUT2D eigenvalue weighted by molar-refractivity contribution is -0.121. The molecule has 0 saturated carbocycles. The lowest BCUT2D eigenvalue weighted by Gasteiger charge is -2.21. The lowest BCUT2D eigenvalue weighted by Crippen LogP contribution is -2.40. The minimum Gasteiger partial charge on any atom is -0.317 e. The van der Waals surface area contributed by atoms with Gasteiger partial charge in [-0.3, -0.25) is 4.79 Å². The molecule has 2 aromatic carbocycles. The van der Waals surface area contributed by atoms with Crippen LogP contribution in [0, 0.1) is 5.82 Å². The van der Waals surface area contributed by atoms with Gasteiger partial charge < -0.3 is 4.57 Å². The molecule has 1 atom stereocenters. The van der Waals surface area contributed by atoms with E-state index in [1.165, 1.54) is 27.8 Å². The van der Waals surface area contributed by atoms with Gasteiger partial charge in [0.25, 0.3) is 5.91 Å². The second-order valence-corrected chi connectivity index (χ2v) is 10.9. The number of carbonyl (C=O) groups excluding carboxylic acids is 1. The maximum absolute atomic E-state index is 13.2. The number of sulfonamides is 1. The van der Waals surface area contributed by atoms with Crippen LogP contribution in [0.3, 0.4) is 0 Å². The number of amides is 1. The highest BCUT2D eigenvalue weighted by Crippen LogP contribution is 2.28. The Hall–Kier alpha value is -2.01. The summed E-state index contributed by atoms with van der Waals surface area (Å²) < 4.78 is 43.5. The van der Waals surface area contributed by atoms with E-state index in [1.54, 1.807) is 11.8 Å². The van der Waals surface area contributed by atoms with E-state index in [9.17, 15) is 17.6 Å². The van der Waals surface area contributed by atoms with E-state index in [2.05, 4.69) is 11.1 Å². The Morgan fingerprint density at radius 2 is 2.00 bits per heavy atom. The van der Waals surface area contributed by atoms with Crippen LogP contribution in [0.2, 0.25) is 0 Å². The zero-order valence-corrected chi connectivity index (χ0v) is 19.6. The number of hydrogen-bond acceptors (Lipinski definition) is 5. The van der Waals surface area contributed by atoms with E-state index < -0.39 is 27.8 Å². The SMILES string of the molecule is CCn1c(=NC(=O)C2CCCN2S(=O)(=O)c2ccc(F)cc2)sc2cc(SC)ccc21. The average Bonchev–Trinajstić information content (AvgIpc) is 3.38. The van der Waals surface area contributed by atoms with E-state index in [1.807, 2.05) is 29.9 Å². The van der Waals surface area contributed by atoms with E-state index in [0.29, 0.717) is 24.2 Å². The first-order chi connectivity index (χ1) is 14.8. The van der Waals surface area contributed by atoms with Gasteiger partial charge in [-0.05, 0) is 68.5 Å². The molecule has 2 heterocycles. The van der Waals surface area contributed by atoms with Crippen molar-refractivity contribution in [3.8, 4) is 0 Å². The highest BCUT2D eigenvalue weighted by molar-refractivity contribution is 7.98. The first-order valence-electron chi connectivity index (χ1n) is 9.88. The zero-order chi connectivity index (χ0) is 22.2. The van der Waals surface area contributed by atoms with Crippen molar-refractivity contribution in [1.82, 2.24) is 8.87 Å². The molecule has 0 radical (unpaired) electrons. The molecular weight excluding hydrogens is 457 g/mol. The molecule has 1 aromatic heterocycles. The van der Waals surface area contributed by atoms with Gasteiger partial charge in [-0.2, -0.15) is 9.30 Å². The molecular formula is C21H22FN3O3S3. The van der Waals surface area contributed by atoms with Crippen LogP contribution in [-0.4, -0.2) is 42.0 Å². The number of benzene rings is 2. The summed E-state index contributed by atoms with van der Waals surface area (Å²) in [4.78, 5) is 19.1. The van der Waals surface area contributed by atoms with Crippen molar-refractivity contribution in [3.05, 3.63) is 53.1 Å².